The maximum Gasteiger partial charge on any atom is 0.0847 e. The standard InChI is InChI=1S/C12H21ClN2OS/c1-5-8(2)17-7-10(16)6-11-12(13)9(3)14-15(11)4/h8,10,16H,5-7H2,1-4H3. The number of aliphatic hydroxyl groups excluding tert-OH is 1. The molecule has 98 valence electrons. The van der Waals surface area contributed by atoms with E-state index in [4.69, 9.17) is 11.6 Å². The summed E-state index contributed by atoms with van der Waals surface area (Å²) in [5.74, 6) is 0.746. The number of hydrogen-bond acceptors (Lipinski definition) is 3. The van der Waals surface area contributed by atoms with Gasteiger partial charge in [0.2, 0.25) is 0 Å². The van der Waals surface area contributed by atoms with E-state index >= 15 is 0 Å². The molecule has 1 aromatic rings. The van der Waals surface area contributed by atoms with Gasteiger partial charge in [0.15, 0.2) is 0 Å². The highest BCUT2D eigenvalue weighted by Crippen LogP contribution is 2.22. The molecule has 0 aromatic carbocycles. The van der Waals surface area contributed by atoms with Gasteiger partial charge >= 0.3 is 0 Å². The summed E-state index contributed by atoms with van der Waals surface area (Å²) in [6, 6.07) is 0. The summed E-state index contributed by atoms with van der Waals surface area (Å²) in [6.07, 6.45) is 1.34. The molecule has 0 saturated heterocycles. The van der Waals surface area contributed by atoms with Gasteiger partial charge in [-0.3, -0.25) is 4.68 Å². The molecule has 0 aliphatic carbocycles. The number of nitrogens with zero attached hydrogens (tertiary/aromatic N) is 2. The third-order valence-corrected chi connectivity index (χ3v) is 4.81. The molecule has 1 heterocycles. The third kappa shape index (κ3) is 4.19. The first-order chi connectivity index (χ1) is 7.95. The number of aromatic nitrogens is 2. The largest absolute Gasteiger partial charge is 0.392 e. The van der Waals surface area contributed by atoms with Gasteiger partial charge in [0.25, 0.3) is 0 Å². The summed E-state index contributed by atoms with van der Waals surface area (Å²) >= 11 is 7.95. The minimum Gasteiger partial charge on any atom is -0.392 e. The molecular formula is C12H21ClN2OS. The SMILES string of the molecule is CCC(C)SCC(O)Cc1c(Cl)c(C)nn1C. The van der Waals surface area contributed by atoms with E-state index in [0.29, 0.717) is 16.7 Å². The van der Waals surface area contributed by atoms with Gasteiger partial charge in [-0.25, -0.2) is 0 Å². The lowest BCUT2D eigenvalue weighted by molar-refractivity contribution is 0.197. The molecule has 2 unspecified atom stereocenters. The van der Waals surface area contributed by atoms with Crippen LogP contribution in [0.4, 0.5) is 0 Å². The molecule has 17 heavy (non-hydrogen) atoms. The number of rotatable bonds is 6. The van der Waals surface area contributed by atoms with Gasteiger partial charge in [-0.1, -0.05) is 25.4 Å². The Labute approximate surface area is 113 Å². The second kappa shape index (κ2) is 6.66. The van der Waals surface area contributed by atoms with Crippen LogP contribution in [-0.2, 0) is 13.5 Å². The van der Waals surface area contributed by atoms with Crippen molar-refractivity contribution in [1.82, 2.24) is 9.78 Å². The summed E-state index contributed by atoms with van der Waals surface area (Å²) < 4.78 is 1.76. The minimum atomic E-state index is -0.360. The van der Waals surface area contributed by atoms with Crippen molar-refractivity contribution < 1.29 is 5.11 Å². The van der Waals surface area contributed by atoms with Crippen molar-refractivity contribution in [2.45, 2.75) is 45.0 Å². The lowest BCUT2D eigenvalue weighted by Gasteiger charge is -2.13. The van der Waals surface area contributed by atoms with Gasteiger partial charge in [0, 0.05) is 24.5 Å². The smallest absolute Gasteiger partial charge is 0.0847 e. The number of hydrogen-bond donors (Lipinski definition) is 1. The maximum atomic E-state index is 9.98. The quantitative estimate of drug-likeness (QED) is 0.868. The highest BCUT2D eigenvalue weighted by Gasteiger charge is 2.16. The summed E-state index contributed by atoms with van der Waals surface area (Å²) in [5, 5.41) is 15.5. The zero-order chi connectivity index (χ0) is 13.0. The lowest BCUT2D eigenvalue weighted by Crippen LogP contribution is -2.17. The molecule has 0 saturated carbocycles. The Balaban J connectivity index is 2.53. The van der Waals surface area contributed by atoms with Gasteiger partial charge in [-0.05, 0) is 13.3 Å². The van der Waals surface area contributed by atoms with Crippen LogP contribution in [0.1, 0.15) is 31.7 Å². The zero-order valence-corrected chi connectivity index (χ0v) is 12.5. The van der Waals surface area contributed by atoms with Crippen LogP contribution in [0.25, 0.3) is 0 Å². The number of thioether (sulfide) groups is 1. The molecule has 0 amide bonds. The second-order valence-electron chi connectivity index (χ2n) is 4.38. The molecule has 0 spiro atoms. The Bertz CT molecular complexity index is 368. The Morgan fingerprint density at radius 1 is 1.53 bits per heavy atom. The van der Waals surface area contributed by atoms with E-state index in [1.54, 1.807) is 16.4 Å². The lowest BCUT2D eigenvalue weighted by atomic mass is 10.2. The van der Waals surface area contributed by atoms with Crippen molar-refractivity contribution in [3.05, 3.63) is 16.4 Å². The fourth-order valence-electron chi connectivity index (χ4n) is 1.58. The molecule has 0 bridgehead atoms. The molecule has 0 aliphatic rings. The zero-order valence-electron chi connectivity index (χ0n) is 10.9. The minimum absolute atomic E-state index is 0.360. The van der Waals surface area contributed by atoms with Crippen LogP contribution in [0.3, 0.4) is 0 Å². The molecule has 3 nitrogen and oxygen atoms in total. The monoisotopic (exact) mass is 276 g/mol. The molecule has 1 rings (SSSR count). The number of aliphatic hydroxyl groups is 1. The highest BCUT2D eigenvalue weighted by atomic mass is 35.5. The van der Waals surface area contributed by atoms with Gasteiger partial charge < -0.3 is 5.11 Å². The van der Waals surface area contributed by atoms with Crippen molar-refractivity contribution in [3.8, 4) is 0 Å². The summed E-state index contributed by atoms with van der Waals surface area (Å²) in [4.78, 5) is 0. The van der Waals surface area contributed by atoms with E-state index in [-0.39, 0.29) is 6.10 Å². The van der Waals surface area contributed by atoms with Crippen LogP contribution >= 0.6 is 23.4 Å². The molecule has 2 atom stereocenters. The van der Waals surface area contributed by atoms with E-state index < -0.39 is 0 Å². The van der Waals surface area contributed by atoms with Crippen LogP contribution in [0.5, 0.6) is 0 Å². The van der Waals surface area contributed by atoms with E-state index in [2.05, 4.69) is 18.9 Å². The predicted octanol–water partition coefficient (Wildman–Crippen LogP) is 2.82. The molecule has 0 fully saturated rings. The van der Waals surface area contributed by atoms with Crippen molar-refractivity contribution in [1.29, 1.82) is 0 Å². The normalized spacial score (nSPS) is 14.9. The summed E-state index contributed by atoms with van der Waals surface area (Å²) in [6.45, 7) is 6.22. The Hall–Kier alpha value is -0.190. The average molecular weight is 277 g/mol. The number of halogens is 1. The first kappa shape index (κ1) is 14.9. The van der Waals surface area contributed by atoms with Crippen LogP contribution in [0, 0.1) is 6.92 Å². The fourth-order valence-corrected chi connectivity index (χ4v) is 2.72. The highest BCUT2D eigenvalue weighted by molar-refractivity contribution is 7.99. The maximum absolute atomic E-state index is 9.98. The van der Waals surface area contributed by atoms with Crippen LogP contribution < -0.4 is 0 Å². The van der Waals surface area contributed by atoms with Crippen molar-refractivity contribution in [2.75, 3.05) is 5.75 Å². The van der Waals surface area contributed by atoms with Gasteiger partial charge in [0.1, 0.15) is 0 Å². The summed E-state index contributed by atoms with van der Waals surface area (Å²) in [7, 11) is 1.86. The van der Waals surface area contributed by atoms with Gasteiger partial charge in [-0.2, -0.15) is 16.9 Å². The molecule has 0 aliphatic heterocycles. The predicted molar refractivity (Wildman–Crippen MR) is 74.9 cm³/mol. The van der Waals surface area contributed by atoms with E-state index in [0.717, 1.165) is 23.6 Å². The molecule has 1 aromatic heterocycles. The van der Waals surface area contributed by atoms with E-state index in [1.165, 1.54) is 0 Å². The first-order valence-electron chi connectivity index (χ1n) is 5.93. The molecule has 0 radical (unpaired) electrons. The van der Waals surface area contributed by atoms with Gasteiger partial charge in [-0.15, -0.1) is 0 Å². The van der Waals surface area contributed by atoms with Crippen molar-refractivity contribution >= 4 is 23.4 Å². The van der Waals surface area contributed by atoms with Gasteiger partial charge in [0.05, 0.1) is 22.5 Å². The Morgan fingerprint density at radius 3 is 2.65 bits per heavy atom. The molecule has 5 heteroatoms. The Kier molecular flexibility index (Phi) is 5.83. The fraction of sp³-hybridized carbons (Fsp3) is 0.750. The van der Waals surface area contributed by atoms with Crippen LogP contribution in [0.15, 0.2) is 0 Å². The van der Waals surface area contributed by atoms with Crippen LogP contribution in [0.2, 0.25) is 5.02 Å². The number of aryl methyl sites for hydroxylation is 2. The first-order valence-corrected chi connectivity index (χ1v) is 7.36. The third-order valence-electron chi connectivity index (χ3n) is 2.84. The second-order valence-corrected chi connectivity index (χ2v) is 6.23. The van der Waals surface area contributed by atoms with Crippen LogP contribution in [-0.4, -0.2) is 32.0 Å². The van der Waals surface area contributed by atoms with Crippen molar-refractivity contribution in [3.63, 3.8) is 0 Å². The summed E-state index contributed by atoms with van der Waals surface area (Å²) in [5.41, 5.74) is 1.74. The topological polar surface area (TPSA) is 38.1 Å². The average Bonchev–Trinajstić information content (AvgIpc) is 2.53. The van der Waals surface area contributed by atoms with Crippen molar-refractivity contribution in [2.24, 2.45) is 7.05 Å². The van der Waals surface area contributed by atoms with E-state index in [9.17, 15) is 5.11 Å². The van der Waals surface area contributed by atoms with E-state index in [1.807, 2.05) is 14.0 Å². The molecular weight excluding hydrogens is 256 g/mol. The Morgan fingerprint density at radius 2 is 2.18 bits per heavy atom. The molecule has 1 N–H and O–H groups in total.